The predicted molar refractivity (Wildman–Crippen MR) is 111 cm³/mol. The summed E-state index contributed by atoms with van der Waals surface area (Å²) in [6.07, 6.45) is 0.705. The minimum atomic E-state index is -0.160. The zero-order chi connectivity index (χ0) is 19.9. The number of nitrogens with zero attached hydrogens (tertiary/aromatic N) is 4. The van der Waals surface area contributed by atoms with Crippen molar-refractivity contribution in [3.05, 3.63) is 102 Å². The van der Waals surface area contributed by atoms with Gasteiger partial charge in [-0.05, 0) is 22.8 Å². The van der Waals surface area contributed by atoms with Gasteiger partial charge in [-0.25, -0.2) is 0 Å². The Hall–Kier alpha value is -3.80. The Balaban J connectivity index is 1.46. The first kappa shape index (κ1) is 18.6. The normalized spacial score (nSPS) is 11.7. The largest absolute Gasteiger partial charge is 0.347 e. The summed E-state index contributed by atoms with van der Waals surface area (Å²) in [6, 6.07) is 29.5. The number of hydrogen-bond donors (Lipinski definition) is 1. The molecular formula is C23H21N5O. The smallest absolute Gasteiger partial charge is 0.244 e. The summed E-state index contributed by atoms with van der Waals surface area (Å²) in [7, 11) is 0. The Labute approximate surface area is 169 Å². The molecule has 4 rings (SSSR count). The molecule has 1 heterocycles. The van der Waals surface area contributed by atoms with Gasteiger partial charge in [-0.1, -0.05) is 91.0 Å². The van der Waals surface area contributed by atoms with Gasteiger partial charge in [0.2, 0.25) is 11.7 Å². The maximum absolute atomic E-state index is 12.7. The minimum Gasteiger partial charge on any atom is -0.347 e. The molecule has 0 saturated carbocycles. The van der Waals surface area contributed by atoms with Gasteiger partial charge < -0.3 is 5.32 Å². The first-order chi connectivity index (χ1) is 14.3. The summed E-state index contributed by atoms with van der Waals surface area (Å²) in [6.45, 7) is 0.0119. The van der Waals surface area contributed by atoms with E-state index in [0.29, 0.717) is 12.2 Å². The van der Waals surface area contributed by atoms with E-state index in [2.05, 4.69) is 32.9 Å². The number of benzene rings is 3. The molecule has 29 heavy (non-hydrogen) atoms. The van der Waals surface area contributed by atoms with Gasteiger partial charge in [0.25, 0.3) is 0 Å². The van der Waals surface area contributed by atoms with E-state index in [1.807, 2.05) is 78.9 Å². The van der Waals surface area contributed by atoms with Gasteiger partial charge in [0.1, 0.15) is 6.54 Å². The minimum absolute atomic E-state index is 0.0119. The van der Waals surface area contributed by atoms with Crippen molar-refractivity contribution in [1.82, 2.24) is 25.5 Å². The second kappa shape index (κ2) is 8.93. The van der Waals surface area contributed by atoms with Crippen LogP contribution in [0.25, 0.3) is 11.4 Å². The molecular weight excluding hydrogens is 362 g/mol. The Morgan fingerprint density at radius 3 is 2.17 bits per heavy atom. The fourth-order valence-electron chi connectivity index (χ4n) is 3.17. The molecule has 0 aliphatic rings. The van der Waals surface area contributed by atoms with Crippen molar-refractivity contribution < 1.29 is 4.79 Å². The van der Waals surface area contributed by atoms with Crippen LogP contribution in [0.15, 0.2) is 91.0 Å². The fourth-order valence-corrected chi connectivity index (χ4v) is 3.17. The monoisotopic (exact) mass is 383 g/mol. The highest BCUT2D eigenvalue weighted by molar-refractivity contribution is 5.76. The SMILES string of the molecule is O=C(Cn1nnc(-c2ccccc2)n1)NC(Cc1ccccc1)c1ccccc1. The highest BCUT2D eigenvalue weighted by atomic mass is 16.2. The lowest BCUT2D eigenvalue weighted by atomic mass is 9.99. The van der Waals surface area contributed by atoms with Crippen LogP contribution in [0.4, 0.5) is 0 Å². The van der Waals surface area contributed by atoms with E-state index in [-0.39, 0.29) is 18.5 Å². The molecule has 0 saturated heterocycles. The fraction of sp³-hybridized carbons (Fsp3) is 0.130. The quantitative estimate of drug-likeness (QED) is 0.531. The summed E-state index contributed by atoms with van der Waals surface area (Å²) in [5.41, 5.74) is 3.08. The van der Waals surface area contributed by atoms with Crippen molar-refractivity contribution in [2.24, 2.45) is 0 Å². The summed E-state index contributed by atoms with van der Waals surface area (Å²) in [4.78, 5) is 14.0. The first-order valence-electron chi connectivity index (χ1n) is 9.49. The third kappa shape index (κ3) is 4.93. The lowest BCUT2D eigenvalue weighted by molar-refractivity contribution is -0.122. The molecule has 1 unspecified atom stereocenters. The molecule has 6 heteroatoms. The average molecular weight is 383 g/mol. The van der Waals surface area contributed by atoms with Gasteiger partial charge in [0.15, 0.2) is 0 Å². The zero-order valence-corrected chi connectivity index (χ0v) is 15.8. The van der Waals surface area contributed by atoms with Crippen LogP contribution in [-0.4, -0.2) is 26.1 Å². The molecule has 0 radical (unpaired) electrons. The Morgan fingerprint density at radius 2 is 1.48 bits per heavy atom. The molecule has 0 fully saturated rings. The van der Waals surface area contributed by atoms with Crippen molar-refractivity contribution in [3.63, 3.8) is 0 Å². The third-order valence-corrected chi connectivity index (χ3v) is 4.59. The van der Waals surface area contributed by atoms with Crippen LogP contribution in [0, 0.1) is 0 Å². The number of aromatic nitrogens is 4. The van der Waals surface area contributed by atoms with Crippen molar-refractivity contribution in [2.75, 3.05) is 0 Å². The van der Waals surface area contributed by atoms with Crippen LogP contribution in [0.2, 0.25) is 0 Å². The van der Waals surface area contributed by atoms with Gasteiger partial charge in [0.05, 0.1) is 6.04 Å². The van der Waals surface area contributed by atoms with Crippen LogP contribution in [0.5, 0.6) is 0 Å². The molecule has 0 bridgehead atoms. The molecule has 1 N–H and O–H groups in total. The summed E-state index contributed by atoms with van der Waals surface area (Å²) < 4.78 is 0. The van der Waals surface area contributed by atoms with E-state index in [1.54, 1.807) is 0 Å². The van der Waals surface area contributed by atoms with Gasteiger partial charge in [-0.15, -0.1) is 10.2 Å². The van der Waals surface area contributed by atoms with Gasteiger partial charge in [-0.2, -0.15) is 4.80 Å². The number of carbonyl (C=O) groups excluding carboxylic acids is 1. The van der Waals surface area contributed by atoms with Gasteiger partial charge in [0, 0.05) is 5.56 Å². The number of amides is 1. The second-order valence-corrected chi connectivity index (χ2v) is 6.73. The number of tetrazole rings is 1. The van der Waals surface area contributed by atoms with E-state index in [1.165, 1.54) is 4.80 Å². The zero-order valence-electron chi connectivity index (χ0n) is 15.8. The van der Waals surface area contributed by atoms with Crippen molar-refractivity contribution in [1.29, 1.82) is 0 Å². The Bertz CT molecular complexity index is 1050. The topological polar surface area (TPSA) is 72.7 Å². The molecule has 3 aromatic carbocycles. The van der Waals surface area contributed by atoms with E-state index < -0.39 is 0 Å². The molecule has 144 valence electrons. The van der Waals surface area contributed by atoms with Crippen molar-refractivity contribution in [3.8, 4) is 11.4 Å². The molecule has 0 aliphatic carbocycles. The van der Waals surface area contributed by atoms with Crippen LogP contribution >= 0.6 is 0 Å². The molecule has 1 amide bonds. The van der Waals surface area contributed by atoms with Gasteiger partial charge in [-0.3, -0.25) is 4.79 Å². The average Bonchev–Trinajstić information content (AvgIpc) is 3.24. The van der Waals surface area contributed by atoms with E-state index in [4.69, 9.17) is 0 Å². The lowest BCUT2D eigenvalue weighted by Crippen LogP contribution is -2.33. The first-order valence-corrected chi connectivity index (χ1v) is 9.49. The summed E-state index contributed by atoms with van der Waals surface area (Å²) in [5, 5.41) is 15.5. The predicted octanol–water partition coefficient (Wildman–Crippen LogP) is 3.44. The lowest BCUT2D eigenvalue weighted by Gasteiger charge is -2.19. The second-order valence-electron chi connectivity index (χ2n) is 6.73. The van der Waals surface area contributed by atoms with E-state index >= 15 is 0 Å². The molecule has 0 aliphatic heterocycles. The maximum Gasteiger partial charge on any atom is 0.244 e. The number of nitrogens with one attached hydrogen (secondary N) is 1. The highest BCUT2D eigenvalue weighted by Crippen LogP contribution is 2.18. The Morgan fingerprint density at radius 1 is 0.862 bits per heavy atom. The molecule has 6 nitrogen and oxygen atoms in total. The van der Waals surface area contributed by atoms with E-state index in [9.17, 15) is 4.79 Å². The summed E-state index contributed by atoms with van der Waals surface area (Å²) in [5.74, 6) is 0.342. The molecule has 4 aromatic rings. The number of hydrogen-bond acceptors (Lipinski definition) is 4. The van der Waals surface area contributed by atoms with Crippen LogP contribution in [-0.2, 0) is 17.8 Å². The Kier molecular flexibility index (Phi) is 5.71. The highest BCUT2D eigenvalue weighted by Gasteiger charge is 2.16. The molecule has 0 spiro atoms. The van der Waals surface area contributed by atoms with Crippen LogP contribution in [0.1, 0.15) is 17.2 Å². The molecule has 1 atom stereocenters. The third-order valence-electron chi connectivity index (χ3n) is 4.59. The summed E-state index contributed by atoms with van der Waals surface area (Å²) >= 11 is 0. The molecule has 1 aromatic heterocycles. The van der Waals surface area contributed by atoms with Crippen LogP contribution in [0.3, 0.4) is 0 Å². The van der Waals surface area contributed by atoms with E-state index in [0.717, 1.165) is 16.7 Å². The van der Waals surface area contributed by atoms with Crippen LogP contribution < -0.4 is 5.32 Å². The number of carbonyl (C=O) groups is 1. The number of rotatable bonds is 7. The maximum atomic E-state index is 12.7. The van der Waals surface area contributed by atoms with Crippen molar-refractivity contribution >= 4 is 5.91 Å². The van der Waals surface area contributed by atoms with Crippen molar-refractivity contribution in [2.45, 2.75) is 19.0 Å². The standard InChI is InChI=1S/C23H21N5O/c29-22(17-28-26-23(25-27-28)20-14-8-3-9-15-20)24-21(19-12-6-2-7-13-19)16-18-10-4-1-5-11-18/h1-15,21H,16-17H2,(H,24,29). The van der Waals surface area contributed by atoms with Gasteiger partial charge >= 0.3 is 0 Å².